The lowest BCUT2D eigenvalue weighted by Crippen LogP contribution is -2.18. The van der Waals surface area contributed by atoms with Gasteiger partial charge in [-0.15, -0.1) is 0 Å². The SMILES string of the molecule is CCOc1ccc(Br)cc1C(NC)c1ccsc1. The van der Waals surface area contributed by atoms with Crippen molar-refractivity contribution in [2.24, 2.45) is 0 Å². The molecule has 96 valence electrons. The largest absolute Gasteiger partial charge is 0.494 e. The molecule has 18 heavy (non-hydrogen) atoms. The summed E-state index contributed by atoms with van der Waals surface area (Å²) in [6.07, 6.45) is 0. The number of rotatable bonds is 5. The Morgan fingerprint density at radius 1 is 1.39 bits per heavy atom. The van der Waals surface area contributed by atoms with Gasteiger partial charge >= 0.3 is 0 Å². The van der Waals surface area contributed by atoms with Gasteiger partial charge in [-0.1, -0.05) is 15.9 Å². The highest BCUT2D eigenvalue weighted by molar-refractivity contribution is 9.10. The van der Waals surface area contributed by atoms with Crippen LogP contribution in [0.15, 0.2) is 39.5 Å². The Balaban J connectivity index is 2.43. The van der Waals surface area contributed by atoms with E-state index < -0.39 is 0 Å². The van der Waals surface area contributed by atoms with Crippen molar-refractivity contribution in [1.82, 2.24) is 5.32 Å². The predicted molar refractivity (Wildman–Crippen MR) is 80.5 cm³/mol. The molecular formula is C14H16BrNOS. The van der Waals surface area contributed by atoms with E-state index in [-0.39, 0.29) is 6.04 Å². The molecule has 0 saturated carbocycles. The highest BCUT2D eigenvalue weighted by atomic mass is 79.9. The van der Waals surface area contributed by atoms with Crippen LogP contribution in [0, 0.1) is 0 Å². The van der Waals surface area contributed by atoms with Crippen LogP contribution in [-0.4, -0.2) is 13.7 Å². The van der Waals surface area contributed by atoms with Crippen LogP contribution in [-0.2, 0) is 0 Å². The molecule has 0 aliphatic carbocycles. The van der Waals surface area contributed by atoms with Crippen molar-refractivity contribution >= 4 is 27.3 Å². The van der Waals surface area contributed by atoms with Crippen molar-refractivity contribution in [3.05, 3.63) is 50.6 Å². The summed E-state index contributed by atoms with van der Waals surface area (Å²) in [4.78, 5) is 0. The molecule has 2 rings (SSSR count). The van der Waals surface area contributed by atoms with Crippen molar-refractivity contribution < 1.29 is 4.74 Å². The summed E-state index contributed by atoms with van der Waals surface area (Å²) in [7, 11) is 1.97. The van der Waals surface area contributed by atoms with E-state index in [2.05, 4.69) is 44.1 Å². The third-order valence-corrected chi connectivity index (χ3v) is 3.94. The summed E-state index contributed by atoms with van der Waals surface area (Å²) < 4.78 is 6.78. The van der Waals surface area contributed by atoms with E-state index in [1.807, 2.05) is 26.1 Å². The zero-order valence-electron chi connectivity index (χ0n) is 10.4. The van der Waals surface area contributed by atoms with Gasteiger partial charge in [0.2, 0.25) is 0 Å². The molecule has 0 fully saturated rings. The monoisotopic (exact) mass is 325 g/mol. The minimum absolute atomic E-state index is 0.162. The number of nitrogens with one attached hydrogen (secondary N) is 1. The molecule has 1 aromatic carbocycles. The summed E-state index contributed by atoms with van der Waals surface area (Å²) in [5, 5.41) is 7.61. The minimum atomic E-state index is 0.162. The third-order valence-electron chi connectivity index (χ3n) is 2.75. The van der Waals surface area contributed by atoms with Crippen molar-refractivity contribution in [2.45, 2.75) is 13.0 Å². The minimum Gasteiger partial charge on any atom is -0.494 e. The lowest BCUT2D eigenvalue weighted by Gasteiger charge is -2.19. The van der Waals surface area contributed by atoms with Gasteiger partial charge in [-0.25, -0.2) is 0 Å². The Morgan fingerprint density at radius 3 is 2.83 bits per heavy atom. The summed E-state index contributed by atoms with van der Waals surface area (Å²) in [6, 6.07) is 8.44. The molecular weight excluding hydrogens is 310 g/mol. The van der Waals surface area contributed by atoms with Gasteiger partial charge in [0.05, 0.1) is 12.6 Å². The van der Waals surface area contributed by atoms with E-state index in [1.165, 1.54) is 5.56 Å². The van der Waals surface area contributed by atoms with Crippen LogP contribution < -0.4 is 10.1 Å². The summed E-state index contributed by atoms with van der Waals surface area (Å²) in [6.45, 7) is 2.68. The van der Waals surface area contributed by atoms with Crippen molar-refractivity contribution in [3.8, 4) is 5.75 Å². The zero-order chi connectivity index (χ0) is 13.0. The second-order valence-corrected chi connectivity index (χ2v) is 5.59. The molecule has 0 radical (unpaired) electrons. The molecule has 2 aromatic rings. The van der Waals surface area contributed by atoms with Gasteiger partial charge in [-0.2, -0.15) is 11.3 Å². The van der Waals surface area contributed by atoms with E-state index in [4.69, 9.17) is 4.74 Å². The quantitative estimate of drug-likeness (QED) is 0.888. The molecule has 2 nitrogen and oxygen atoms in total. The summed E-state index contributed by atoms with van der Waals surface area (Å²) in [5.74, 6) is 0.936. The highest BCUT2D eigenvalue weighted by Gasteiger charge is 2.17. The lowest BCUT2D eigenvalue weighted by atomic mass is 10.0. The van der Waals surface area contributed by atoms with Gasteiger partial charge in [-0.05, 0) is 54.6 Å². The van der Waals surface area contributed by atoms with Crippen LogP contribution in [0.5, 0.6) is 5.75 Å². The molecule has 0 amide bonds. The molecule has 1 N–H and O–H groups in total. The topological polar surface area (TPSA) is 21.3 Å². The number of ether oxygens (including phenoxy) is 1. The number of benzene rings is 1. The second kappa shape index (κ2) is 6.36. The summed E-state index contributed by atoms with van der Waals surface area (Å²) >= 11 is 5.24. The molecule has 0 aliphatic rings. The van der Waals surface area contributed by atoms with Crippen LogP contribution in [0.4, 0.5) is 0 Å². The second-order valence-electron chi connectivity index (χ2n) is 3.89. The average Bonchev–Trinajstić information content (AvgIpc) is 2.87. The van der Waals surface area contributed by atoms with Gasteiger partial charge in [-0.3, -0.25) is 0 Å². The van der Waals surface area contributed by atoms with Crippen LogP contribution in [0.2, 0.25) is 0 Å². The molecule has 1 atom stereocenters. The van der Waals surface area contributed by atoms with Gasteiger partial charge in [0.25, 0.3) is 0 Å². The zero-order valence-corrected chi connectivity index (χ0v) is 12.8. The van der Waals surface area contributed by atoms with Crippen molar-refractivity contribution in [2.75, 3.05) is 13.7 Å². The first kappa shape index (κ1) is 13.6. The number of halogens is 1. The number of thiophene rings is 1. The van der Waals surface area contributed by atoms with Gasteiger partial charge in [0.1, 0.15) is 5.75 Å². The Kier molecular flexibility index (Phi) is 4.80. The van der Waals surface area contributed by atoms with Gasteiger partial charge in [0.15, 0.2) is 0 Å². The van der Waals surface area contributed by atoms with Crippen LogP contribution in [0.3, 0.4) is 0 Å². The normalized spacial score (nSPS) is 12.4. The predicted octanol–water partition coefficient (Wildman–Crippen LogP) is 4.22. The third kappa shape index (κ3) is 2.94. The molecule has 4 heteroatoms. The first-order valence-corrected chi connectivity index (χ1v) is 7.61. The van der Waals surface area contributed by atoms with E-state index in [0.717, 1.165) is 15.8 Å². The molecule has 0 aliphatic heterocycles. The fourth-order valence-corrected chi connectivity index (χ4v) is 3.04. The number of hydrogen-bond donors (Lipinski definition) is 1. The Hall–Kier alpha value is -0.840. The van der Waals surface area contributed by atoms with Crippen LogP contribution in [0.1, 0.15) is 24.1 Å². The fourth-order valence-electron chi connectivity index (χ4n) is 1.97. The summed E-state index contributed by atoms with van der Waals surface area (Å²) in [5.41, 5.74) is 2.42. The molecule has 1 heterocycles. The molecule has 0 saturated heterocycles. The Labute approximate surface area is 120 Å². The van der Waals surface area contributed by atoms with Crippen molar-refractivity contribution in [3.63, 3.8) is 0 Å². The van der Waals surface area contributed by atoms with Crippen molar-refractivity contribution in [1.29, 1.82) is 0 Å². The lowest BCUT2D eigenvalue weighted by molar-refractivity contribution is 0.334. The van der Waals surface area contributed by atoms with Crippen LogP contribution >= 0.6 is 27.3 Å². The van der Waals surface area contributed by atoms with Crippen LogP contribution in [0.25, 0.3) is 0 Å². The Morgan fingerprint density at radius 2 is 2.22 bits per heavy atom. The molecule has 0 spiro atoms. The molecule has 1 aromatic heterocycles. The highest BCUT2D eigenvalue weighted by Crippen LogP contribution is 2.33. The van der Waals surface area contributed by atoms with Gasteiger partial charge < -0.3 is 10.1 Å². The first-order valence-electron chi connectivity index (χ1n) is 5.88. The van der Waals surface area contributed by atoms with E-state index >= 15 is 0 Å². The maximum atomic E-state index is 5.72. The standard InChI is InChI=1S/C14H16BrNOS/c1-3-17-13-5-4-11(15)8-12(13)14(16-2)10-6-7-18-9-10/h4-9,14,16H,3H2,1-2H3. The van der Waals surface area contributed by atoms with E-state index in [1.54, 1.807) is 11.3 Å². The molecule has 0 bridgehead atoms. The maximum Gasteiger partial charge on any atom is 0.124 e. The molecule has 1 unspecified atom stereocenters. The maximum absolute atomic E-state index is 5.72. The van der Waals surface area contributed by atoms with Gasteiger partial charge in [0, 0.05) is 10.0 Å². The Bertz CT molecular complexity index is 499. The average molecular weight is 326 g/mol. The van der Waals surface area contributed by atoms with E-state index in [9.17, 15) is 0 Å². The fraction of sp³-hybridized carbons (Fsp3) is 0.286. The number of hydrogen-bond acceptors (Lipinski definition) is 3. The smallest absolute Gasteiger partial charge is 0.124 e. The first-order chi connectivity index (χ1) is 8.76. The van der Waals surface area contributed by atoms with E-state index in [0.29, 0.717) is 6.61 Å².